The fourth-order valence-electron chi connectivity index (χ4n) is 5.20. The lowest BCUT2D eigenvalue weighted by Crippen LogP contribution is -2.59. The monoisotopic (exact) mass is 479 g/mol. The Kier molecular flexibility index (Phi) is 4.57. The largest absolute Gasteiger partial charge is 0.489 e. The average molecular weight is 480 g/mol. The molecule has 2 spiro atoms. The number of hydrogen-bond acceptors (Lipinski definition) is 6. The van der Waals surface area contributed by atoms with Crippen molar-refractivity contribution in [2.75, 3.05) is 20.3 Å². The van der Waals surface area contributed by atoms with Gasteiger partial charge in [-0.15, -0.1) is 0 Å². The first kappa shape index (κ1) is 19.8. The summed E-state index contributed by atoms with van der Waals surface area (Å²) >= 11 is 3.51. The summed E-state index contributed by atoms with van der Waals surface area (Å²) in [6.45, 7) is 1.11. The van der Waals surface area contributed by atoms with Crippen molar-refractivity contribution in [2.24, 2.45) is 10.9 Å². The number of carbonyl (C=O) groups is 2. The Morgan fingerprint density at radius 1 is 1.37 bits per heavy atom. The van der Waals surface area contributed by atoms with Crippen molar-refractivity contribution < 1.29 is 28.9 Å². The van der Waals surface area contributed by atoms with E-state index in [2.05, 4.69) is 21.2 Å². The number of guanidine groups is 1. The first-order valence-corrected chi connectivity index (χ1v) is 10.7. The topological polar surface area (TPSA) is 110 Å². The number of aliphatic imine (C=N–C) groups is 1. The molecule has 2 amide bonds. The quantitative estimate of drug-likeness (QED) is 0.591. The van der Waals surface area contributed by atoms with Crippen LogP contribution < -0.4 is 10.1 Å². The summed E-state index contributed by atoms with van der Waals surface area (Å²) in [6.07, 6.45) is 0.490. The fourth-order valence-corrected chi connectivity index (χ4v) is 5.56. The van der Waals surface area contributed by atoms with Gasteiger partial charge >= 0.3 is 6.09 Å². The van der Waals surface area contributed by atoms with Crippen LogP contribution in [0.25, 0.3) is 0 Å². The lowest BCUT2D eigenvalue weighted by Gasteiger charge is -2.52. The van der Waals surface area contributed by atoms with E-state index in [9.17, 15) is 14.7 Å². The Labute approximate surface area is 181 Å². The van der Waals surface area contributed by atoms with Crippen LogP contribution in [0.1, 0.15) is 31.2 Å². The molecule has 0 bridgehead atoms. The Morgan fingerprint density at radius 2 is 2.13 bits per heavy atom. The highest BCUT2D eigenvalue weighted by Crippen LogP contribution is 2.56. The third kappa shape index (κ3) is 3.00. The summed E-state index contributed by atoms with van der Waals surface area (Å²) in [5.74, 6) is -0.310. The molecule has 1 aromatic carbocycles. The molecule has 160 valence electrons. The van der Waals surface area contributed by atoms with E-state index in [1.54, 1.807) is 0 Å². The molecular weight excluding hydrogens is 458 g/mol. The number of fused-ring (bicyclic) bond motifs is 4. The molecule has 5 rings (SSSR count). The molecule has 2 fully saturated rings. The third-order valence-electron chi connectivity index (χ3n) is 6.55. The standard InChI is InChI=1S/C20H22BrN3O6/c1-24-16(25)10-20(23-17(24)22-18(26)27)12-4-5-19(28-6-7-29-19)9-15(12)30-14-3-2-11(21)8-13(14)20/h2-3,8,12,15H,4-7,9-10H2,1H3,(H,22,23)(H,26,27). The molecule has 2 N–H and O–H groups in total. The molecule has 0 radical (unpaired) electrons. The second-order valence-electron chi connectivity index (χ2n) is 8.17. The van der Waals surface area contributed by atoms with Crippen molar-refractivity contribution in [1.82, 2.24) is 10.2 Å². The number of rotatable bonds is 0. The smallest absolute Gasteiger partial charge is 0.411 e. The Morgan fingerprint density at radius 3 is 2.87 bits per heavy atom. The van der Waals surface area contributed by atoms with Crippen molar-refractivity contribution in [2.45, 2.75) is 43.1 Å². The van der Waals surface area contributed by atoms with Crippen LogP contribution in [0.2, 0.25) is 0 Å². The number of halogens is 1. The zero-order chi connectivity index (χ0) is 21.1. The van der Waals surface area contributed by atoms with Gasteiger partial charge in [-0.3, -0.25) is 15.0 Å². The summed E-state index contributed by atoms with van der Waals surface area (Å²) in [5, 5.41) is 11.6. The van der Waals surface area contributed by atoms with Gasteiger partial charge in [0.2, 0.25) is 11.9 Å². The molecule has 1 aliphatic carbocycles. The fraction of sp³-hybridized carbons (Fsp3) is 0.550. The van der Waals surface area contributed by atoms with Crippen LogP contribution in [0, 0.1) is 5.92 Å². The van der Waals surface area contributed by atoms with E-state index >= 15 is 0 Å². The number of nitrogens with one attached hydrogen (secondary N) is 1. The van der Waals surface area contributed by atoms with Gasteiger partial charge in [-0.1, -0.05) is 15.9 Å². The number of benzene rings is 1. The highest BCUT2D eigenvalue weighted by Gasteiger charge is 2.59. The summed E-state index contributed by atoms with van der Waals surface area (Å²) in [4.78, 5) is 30.5. The van der Waals surface area contributed by atoms with E-state index < -0.39 is 17.4 Å². The van der Waals surface area contributed by atoms with Gasteiger partial charge in [-0.05, 0) is 24.6 Å². The Balaban J connectivity index is 1.65. The highest BCUT2D eigenvalue weighted by atomic mass is 79.9. The lowest BCUT2D eigenvalue weighted by atomic mass is 9.64. The third-order valence-corrected chi connectivity index (χ3v) is 7.04. The number of carboxylic acid groups (broad SMARTS) is 1. The van der Waals surface area contributed by atoms with E-state index in [0.29, 0.717) is 38.2 Å². The molecule has 1 aromatic rings. The first-order valence-electron chi connectivity index (χ1n) is 9.93. The molecule has 10 heteroatoms. The van der Waals surface area contributed by atoms with Crippen LogP contribution in [0.15, 0.2) is 27.7 Å². The molecule has 1 saturated carbocycles. The molecule has 4 aliphatic rings. The van der Waals surface area contributed by atoms with Crippen molar-refractivity contribution in [3.63, 3.8) is 0 Å². The summed E-state index contributed by atoms with van der Waals surface area (Å²) in [7, 11) is 1.53. The molecular formula is C20H22BrN3O6. The van der Waals surface area contributed by atoms with Crippen LogP contribution in [0.3, 0.4) is 0 Å². The summed E-state index contributed by atoms with van der Waals surface area (Å²) in [6, 6.07) is 5.65. The van der Waals surface area contributed by atoms with Crippen molar-refractivity contribution in [3.8, 4) is 5.75 Å². The Bertz CT molecular complexity index is 946. The number of ether oxygens (including phenoxy) is 3. The molecule has 3 atom stereocenters. The van der Waals surface area contributed by atoms with Crippen LogP contribution in [0.4, 0.5) is 4.79 Å². The SMILES string of the molecule is CN1C(=O)CC2(N=C1NC(=O)O)c1cc(Br)ccc1OC1CC3(CCC12)OCCO3. The maximum Gasteiger partial charge on any atom is 0.411 e. The van der Waals surface area contributed by atoms with E-state index in [1.807, 2.05) is 18.2 Å². The molecule has 3 unspecified atom stereocenters. The number of amides is 2. The van der Waals surface area contributed by atoms with Gasteiger partial charge in [0, 0.05) is 35.8 Å². The maximum absolute atomic E-state index is 13.0. The van der Waals surface area contributed by atoms with Gasteiger partial charge in [-0.2, -0.15) is 0 Å². The Hall–Kier alpha value is -2.17. The predicted octanol–water partition coefficient (Wildman–Crippen LogP) is 2.43. The van der Waals surface area contributed by atoms with Gasteiger partial charge < -0.3 is 19.3 Å². The predicted molar refractivity (Wildman–Crippen MR) is 108 cm³/mol. The second-order valence-corrected chi connectivity index (χ2v) is 9.09. The van der Waals surface area contributed by atoms with Gasteiger partial charge in [0.25, 0.3) is 0 Å². The van der Waals surface area contributed by atoms with E-state index in [0.717, 1.165) is 10.0 Å². The number of carbonyl (C=O) groups excluding carboxylic acids is 1. The minimum atomic E-state index is -1.26. The maximum atomic E-state index is 13.0. The average Bonchev–Trinajstić information content (AvgIpc) is 3.13. The summed E-state index contributed by atoms with van der Waals surface area (Å²) in [5.41, 5.74) is -0.141. The van der Waals surface area contributed by atoms with E-state index in [-0.39, 0.29) is 30.3 Å². The summed E-state index contributed by atoms with van der Waals surface area (Å²) < 4.78 is 19.0. The van der Waals surface area contributed by atoms with Gasteiger partial charge in [0.1, 0.15) is 17.4 Å². The van der Waals surface area contributed by atoms with Gasteiger partial charge in [0.15, 0.2) is 5.79 Å². The number of hydrogen-bond donors (Lipinski definition) is 2. The second kappa shape index (κ2) is 6.93. The highest BCUT2D eigenvalue weighted by molar-refractivity contribution is 9.10. The minimum Gasteiger partial charge on any atom is -0.489 e. The molecule has 1 saturated heterocycles. The van der Waals surface area contributed by atoms with Crippen LogP contribution in [-0.4, -0.2) is 60.1 Å². The molecule has 3 aliphatic heterocycles. The van der Waals surface area contributed by atoms with E-state index in [4.69, 9.17) is 19.2 Å². The molecule has 3 heterocycles. The zero-order valence-corrected chi connectivity index (χ0v) is 18.0. The van der Waals surface area contributed by atoms with Gasteiger partial charge in [0.05, 0.1) is 19.6 Å². The molecule has 9 nitrogen and oxygen atoms in total. The normalized spacial score (nSPS) is 31.7. The number of nitrogens with zero attached hydrogens (tertiary/aromatic N) is 2. The first-order chi connectivity index (χ1) is 14.3. The zero-order valence-electron chi connectivity index (χ0n) is 16.4. The molecule has 0 aromatic heterocycles. The van der Waals surface area contributed by atoms with Crippen molar-refractivity contribution >= 4 is 33.9 Å². The van der Waals surface area contributed by atoms with Crippen molar-refractivity contribution in [3.05, 3.63) is 28.2 Å². The van der Waals surface area contributed by atoms with Crippen LogP contribution >= 0.6 is 15.9 Å². The van der Waals surface area contributed by atoms with Crippen LogP contribution in [-0.2, 0) is 19.8 Å². The molecule has 30 heavy (non-hydrogen) atoms. The van der Waals surface area contributed by atoms with Crippen LogP contribution in [0.5, 0.6) is 5.75 Å². The van der Waals surface area contributed by atoms with Crippen molar-refractivity contribution in [1.29, 1.82) is 0 Å². The van der Waals surface area contributed by atoms with Gasteiger partial charge in [-0.25, -0.2) is 9.79 Å². The lowest BCUT2D eigenvalue weighted by molar-refractivity contribution is -0.210. The van der Waals surface area contributed by atoms with E-state index in [1.165, 1.54) is 11.9 Å². The minimum absolute atomic E-state index is 0.0268.